The SMILES string of the molecule is Cc1ccc(NS(=O)(=O)C2=Cc3ccccc3CC2)c(F)c1. The van der Waals surface area contributed by atoms with Gasteiger partial charge in [-0.05, 0) is 54.7 Å². The minimum absolute atomic E-state index is 0.0228. The normalized spacial score (nSPS) is 14.2. The average molecular weight is 317 g/mol. The lowest BCUT2D eigenvalue weighted by Crippen LogP contribution is -2.18. The van der Waals surface area contributed by atoms with Crippen LogP contribution in [0.15, 0.2) is 47.4 Å². The van der Waals surface area contributed by atoms with E-state index in [-0.39, 0.29) is 10.6 Å². The number of nitrogens with one attached hydrogen (secondary N) is 1. The zero-order valence-electron chi connectivity index (χ0n) is 12.1. The second kappa shape index (κ2) is 5.57. The van der Waals surface area contributed by atoms with E-state index in [0.717, 1.165) is 16.7 Å². The summed E-state index contributed by atoms with van der Waals surface area (Å²) < 4.78 is 41.1. The van der Waals surface area contributed by atoms with Crippen LogP contribution in [0.4, 0.5) is 10.1 Å². The Bertz CT molecular complexity index is 857. The molecule has 2 aromatic carbocycles. The lowest BCUT2D eigenvalue weighted by atomic mass is 9.98. The number of fused-ring (bicyclic) bond motifs is 1. The molecule has 22 heavy (non-hydrogen) atoms. The molecule has 114 valence electrons. The second-order valence-electron chi connectivity index (χ2n) is 5.40. The molecule has 3 rings (SSSR count). The molecule has 3 nitrogen and oxygen atoms in total. The zero-order chi connectivity index (χ0) is 15.7. The zero-order valence-corrected chi connectivity index (χ0v) is 13.0. The van der Waals surface area contributed by atoms with Gasteiger partial charge in [0.2, 0.25) is 0 Å². The number of benzene rings is 2. The molecule has 0 radical (unpaired) electrons. The van der Waals surface area contributed by atoms with Gasteiger partial charge in [0.1, 0.15) is 5.82 Å². The van der Waals surface area contributed by atoms with E-state index in [4.69, 9.17) is 0 Å². The molecule has 0 fully saturated rings. The fraction of sp³-hybridized carbons (Fsp3) is 0.176. The van der Waals surface area contributed by atoms with Crippen molar-refractivity contribution >= 4 is 21.8 Å². The fourth-order valence-corrected chi connectivity index (χ4v) is 3.77. The highest BCUT2D eigenvalue weighted by molar-refractivity contribution is 7.96. The Morgan fingerprint density at radius 1 is 1.09 bits per heavy atom. The van der Waals surface area contributed by atoms with Gasteiger partial charge in [0.25, 0.3) is 10.0 Å². The van der Waals surface area contributed by atoms with Crippen molar-refractivity contribution in [1.29, 1.82) is 0 Å². The lowest BCUT2D eigenvalue weighted by Gasteiger charge is -2.17. The van der Waals surface area contributed by atoms with Crippen molar-refractivity contribution in [3.63, 3.8) is 0 Å². The molecule has 0 bridgehead atoms. The molecule has 5 heteroatoms. The van der Waals surface area contributed by atoms with E-state index in [1.165, 1.54) is 12.1 Å². The standard InChI is InChI=1S/C17H16FNO2S/c1-12-6-9-17(16(18)10-12)19-22(20,21)15-8-7-13-4-2-3-5-14(13)11-15/h2-6,9-11,19H,7-8H2,1H3. The highest BCUT2D eigenvalue weighted by Gasteiger charge is 2.22. The van der Waals surface area contributed by atoms with Gasteiger partial charge in [-0.15, -0.1) is 0 Å². The molecule has 0 aliphatic heterocycles. The first-order valence-electron chi connectivity index (χ1n) is 7.03. The van der Waals surface area contributed by atoms with Crippen LogP contribution in [0.1, 0.15) is 23.1 Å². The first kappa shape index (κ1) is 14.8. The van der Waals surface area contributed by atoms with E-state index in [9.17, 15) is 12.8 Å². The Labute approximate surface area is 129 Å². The van der Waals surface area contributed by atoms with Gasteiger partial charge in [-0.25, -0.2) is 12.8 Å². The predicted molar refractivity (Wildman–Crippen MR) is 86.4 cm³/mol. The summed E-state index contributed by atoms with van der Waals surface area (Å²) in [7, 11) is -3.74. The summed E-state index contributed by atoms with van der Waals surface area (Å²) in [6.45, 7) is 1.75. The van der Waals surface area contributed by atoms with Gasteiger partial charge in [0.15, 0.2) is 0 Å². The molecule has 0 atom stereocenters. The third-order valence-electron chi connectivity index (χ3n) is 3.73. The molecule has 2 aromatic rings. The van der Waals surface area contributed by atoms with E-state index in [1.54, 1.807) is 19.1 Å². The number of halogens is 1. The summed E-state index contributed by atoms with van der Waals surface area (Å²) in [6, 6.07) is 12.1. The number of rotatable bonds is 3. The van der Waals surface area contributed by atoms with Gasteiger partial charge in [0, 0.05) is 0 Å². The second-order valence-corrected chi connectivity index (χ2v) is 7.13. The van der Waals surface area contributed by atoms with Crippen LogP contribution in [-0.4, -0.2) is 8.42 Å². The third-order valence-corrected chi connectivity index (χ3v) is 5.23. The minimum Gasteiger partial charge on any atom is -0.277 e. The third kappa shape index (κ3) is 2.90. The van der Waals surface area contributed by atoms with Gasteiger partial charge >= 0.3 is 0 Å². The Kier molecular flexibility index (Phi) is 3.74. The molecule has 0 aromatic heterocycles. The Morgan fingerprint density at radius 3 is 2.64 bits per heavy atom. The summed E-state index contributed by atoms with van der Waals surface area (Å²) in [5.74, 6) is -0.569. The summed E-state index contributed by atoms with van der Waals surface area (Å²) in [4.78, 5) is 0.283. The molecule has 0 saturated heterocycles. The van der Waals surface area contributed by atoms with Gasteiger partial charge in [0.05, 0.1) is 10.6 Å². The van der Waals surface area contributed by atoms with Crippen LogP contribution in [0.25, 0.3) is 6.08 Å². The molecule has 1 N–H and O–H groups in total. The monoisotopic (exact) mass is 317 g/mol. The van der Waals surface area contributed by atoms with Crippen molar-refractivity contribution in [3.05, 3.63) is 69.9 Å². The molecular weight excluding hydrogens is 301 g/mol. The maximum absolute atomic E-state index is 13.8. The number of allylic oxidation sites excluding steroid dienone is 1. The summed E-state index contributed by atoms with van der Waals surface area (Å²) >= 11 is 0. The van der Waals surface area contributed by atoms with E-state index in [2.05, 4.69) is 4.72 Å². The molecule has 0 heterocycles. The van der Waals surface area contributed by atoms with Crippen molar-refractivity contribution in [2.75, 3.05) is 4.72 Å². The van der Waals surface area contributed by atoms with Crippen LogP contribution in [-0.2, 0) is 16.4 Å². The highest BCUT2D eigenvalue weighted by Crippen LogP contribution is 2.28. The summed E-state index contributed by atoms with van der Waals surface area (Å²) in [5.41, 5.74) is 2.75. The van der Waals surface area contributed by atoms with Gasteiger partial charge in [-0.1, -0.05) is 30.3 Å². The molecule has 1 aliphatic rings. The highest BCUT2D eigenvalue weighted by atomic mass is 32.2. The molecule has 0 amide bonds. The average Bonchev–Trinajstić information content (AvgIpc) is 2.49. The molecule has 0 spiro atoms. The van der Waals surface area contributed by atoms with Crippen molar-refractivity contribution in [2.45, 2.75) is 19.8 Å². The quantitative estimate of drug-likeness (QED) is 0.934. The maximum atomic E-state index is 13.8. The van der Waals surface area contributed by atoms with Crippen LogP contribution < -0.4 is 4.72 Å². The fourth-order valence-electron chi connectivity index (χ4n) is 2.53. The first-order chi connectivity index (χ1) is 10.5. The van der Waals surface area contributed by atoms with Crippen LogP contribution in [0.3, 0.4) is 0 Å². The topological polar surface area (TPSA) is 46.2 Å². The largest absolute Gasteiger partial charge is 0.277 e. The number of hydrogen-bond acceptors (Lipinski definition) is 2. The van der Waals surface area contributed by atoms with Gasteiger partial charge < -0.3 is 0 Å². The molecule has 1 aliphatic carbocycles. The lowest BCUT2D eigenvalue weighted by molar-refractivity contribution is 0.602. The number of anilines is 1. The van der Waals surface area contributed by atoms with E-state index in [1.807, 2.05) is 24.3 Å². The number of sulfonamides is 1. The molecular formula is C17H16FNO2S. The number of hydrogen-bond donors (Lipinski definition) is 1. The van der Waals surface area contributed by atoms with Crippen molar-refractivity contribution in [1.82, 2.24) is 0 Å². The molecule has 0 unspecified atom stereocenters. The maximum Gasteiger partial charge on any atom is 0.258 e. The Hall–Kier alpha value is -2.14. The predicted octanol–water partition coefficient (Wildman–Crippen LogP) is 3.86. The smallest absolute Gasteiger partial charge is 0.258 e. The van der Waals surface area contributed by atoms with E-state index in [0.29, 0.717) is 12.8 Å². The Balaban J connectivity index is 1.93. The van der Waals surface area contributed by atoms with Crippen molar-refractivity contribution in [2.24, 2.45) is 0 Å². The minimum atomic E-state index is -3.74. The van der Waals surface area contributed by atoms with Gasteiger partial charge in [-0.2, -0.15) is 0 Å². The summed E-state index contributed by atoms with van der Waals surface area (Å²) in [6.07, 6.45) is 2.74. The number of aryl methyl sites for hydroxylation is 2. The van der Waals surface area contributed by atoms with Crippen LogP contribution in [0, 0.1) is 12.7 Å². The van der Waals surface area contributed by atoms with Gasteiger partial charge in [-0.3, -0.25) is 4.72 Å². The van der Waals surface area contributed by atoms with E-state index < -0.39 is 15.8 Å². The first-order valence-corrected chi connectivity index (χ1v) is 8.51. The van der Waals surface area contributed by atoms with Crippen LogP contribution in [0.2, 0.25) is 0 Å². The van der Waals surface area contributed by atoms with Crippen LogP contribution in [0.5, 0.6) is 0 Å². The van der Waals surface area contributed by atoms with Crippen LogP contribution >= 0.6 is 0 Å². The van der Waals surface area contributed by atoms with Crippen molar-refractivity contribution in [3.8, 4) is 0 Å². The van der Waals surface area contributed by atoms with E-state index >= 15 is 0 Å². The summed E-state index contributed by atoms with van der Waals surface area (Å²) in [5, 5.41) is 0. The van der Waals surface area contributed by atoms with Crippen molar-refractivity contribution < 1.29 is 12.8 Å². The Morgan fingerprint density at radius 2 is 1.86 bits per heavy atom. The molecule has 0 saturated carbocycles.